The Morgan fingerprint density at radius 2 is 2.00 bits per heavy atom. The summed E-state index contributed by atoms with van der Waals surface area (Å²) in [6.45, 7) is 6.55. The molecule has 5 rings (SSSR count). The monoisotopic (exact) mass is 404 g/mol. The number of rotatable bonds is 4. The first-order valence-electron chi connectivity index (χ1n) is 10.4. The lowest BCUT2D eigenvalue weighted by Gasteiger charge is -2.22. The molecule has 30 heavy (non-hydrogen) atoms. The molecule has 1 aliphatic carbocycles. The topological polar surface area (TPSA) is 81.4 Å². The number of aromatic nitrogens is 2. The van der Waals surface area contributed by atoms with Gasteiger partial charge in [-0.05, 0) is 80.0 Å². The van der Waals surface area contributed by atoms with Crippen LogP contribution in [0.5, 0.6) is 0 Å². The second-order valence-corrected chi connectivity index (χ2v) is 8.40. The van der Waals surface area contributed by atoms with Crippen LogP contribution in [0.2, 0.25) is 0 Å². The first-order valence-corrected chi connectivity index (χ1v) is 10.4. The van der Waals surface area contributed by atoms with E-state index >= 15 is 0 Å². The zero-order valence-corrected chi connectivity index (χ0v) is 17.4. The number of fused-ring (bicyclic) bond motifs is 4. The third-order valence-electron chi connectivity index (χ3n) is 6.73. The van der Waals surface area contributed by atoms with E-state index < -0.39 is 6.10 Å². The first kappa shape index (κ1) is 19.0. The summed E-state index contributed by atoms with van der Waals surface area (Å²) in [6.07, 6.45) is 2.27. The lowest BCUT2D eigenvalue weighted by Crippen LogP contribution is -2.26. The van der Waals surface area contributed by atoms with Crippen LogP contribution in [0, 0.1) is 13.8 Å². The Labute approximate surface area is 174 Å². The fraction of sp³-hybridized carbons (Fsp3) is 0.375. The van der Waals surface area contributed by atoms with Gasteiger partial charge in [-0.25, -0.2) is 4.98 Å². The largest absolute Gasteiger partial charge is 0.463 e. The van der Waals surface area contributed by atoms with E-state index in [1.807, 2.05) is 6.07 Å². The summed E-state index contributed by atoms with van der Waals surface area (Å²) in [5.41, 5.74) is 9.46. The van der Waals surface area contributed by atoms with Gasteiger partial charge in [0, 0.05) is 10.9 Å². The predicted octanol–water partition coefficient (Wildman–Crippen LogP) is 3.26. The number of carbonyl (C=O) groups is 1. The molecule has 0 amide bonds. The molecule has 6 heteroatoms. The Kier molecular flexibility index (Phi) is 4.29. The number of nitrogens with zero attached hydrogens (tertiary/aromatic N) is 2. The minimum Gasteiger partial charge on any atom is -0.463 e. The minimum atomic E-state index is -0.854. The van der Waals surface area contributed by atoms with Crippen molar-refractivity contribution in [3.8, 4) is 11.4 Å². The second kappa shape index (κ2) is 6.77. The summed E-state index contributed by atoms with van der Waals surface area (Å²) >= 11 is 0. The third-order valence-corrected chi connectivity index (χ3v) is 6.73. The van der Waals surface area contributed by atoms with Crippen molar-refractivity contribution in [3.63, 3.8) is 0 Å². The van der Waals surface area contributed by atoms with Crippen LogP contribution in [0.15, 0.2) is 16.9 Å². The average Bonchev–Trinajstić information content (AvgIpc) is 3.10. The number of hydrogen-bond acceptors (Lipinski definition) is 5. The van der Waals surface area contributed by atoms with E-state index in [9.17, 15) is 14.7 Å². The number of pyridine rings is 2. The molecule has 1 unspecified atom stereocenters. The summed E-state index contributed by atoms with van der Waals surface area (Å²) in [4.78, 5) is 29.0. The molecule has 0 spiro atoms. The molecular formula is C24H24N2O4. The molecule has 3 aromatic rings. The molecule has 1 N–H and O–H groups in total. The van der Waals surface area contributed by atoms with Gasteiger partial charge in [-0.1, -0.05) is 0 Å². The summed E-state index contributed by atoms with van der Waals surface area (Å²) < 4.78 is 6.57. The van der Waals surface area contributed by atoms with Gasteiger partial charge in [0.1, 0.15) is 6.61 Å². The number of aryl methyl sites for hydroxylation is 3. The van der Waals surface area contributed by atoms with Crippen molar-refractivity contribution in [1.82, 2.24) is 9.55 Å². The Morgan fingerprint density at radius 1 is 1.23 bits per heavy atom. The second-order valence-electron chi connectivity index (χ2n) is 8.40. The zero-order chi connectivity index (χ0) is 21.2. The number of hydrogen-bond donors (Lipinski definition) is 1. The molecule has 1 aromatic carbocycles. The average molecular weight is 404 g/mol. The number of aliphatic hydroxyl groups excluding tert-OH is 1. The SMILES string of the molecule is Cc1cc2nc3c(c4c2c(c1C)CCC4)Cn1c-3cc(C(C)O)c(COC=O)c1=O. The normalized spacial score (nSPS) is 15.1. The molecule has 0 radical (unpaired) electrons. The number of benzene rings is 1. The van der Waals surface area contributed by atoms with E-state index in [4.69, 9.17) is 9.72 Å². The molecule has 154 valence electrons. The van der Waals surface area contributed by atoms with E-state index in [1.54, 1.807) is 11.5 Å². The Morgan fingerprint density at radius 3 is 2.73 bits per heavy atom. The van der Waals surface area contributed by atoms with Gasteiger partial charge in [-0.3, -0.25) is 9.59 Å². The van der Waals surface area contributed by atoms with Crippen molar-refractivity contribution < 1.29 is 14.6 Å². The van der Waals surface area contributed by atoms with Gasteiger partial charge >= 0.3 is 0 Å². The number of carbonyl (C=O) groups excluding carboxylic acids is 1. The van der Waals surface area contributed by atoms with Crippen LogP contribution in [-0.4, -0.2) is 21.1 Å². The maximum absolute atomic E-state index is 13.3. The van der Waals surface area contributed by atoms with Crippen molar-refractivity contribution in [2.75, 3.05) is 0 Å². The van der Waals surface area contributed by atoms with Crippen molar-refractivity contribution in [1.29, 1.82) is 0 Å². The van der Waals surface area contributed by atoms with Crippen LogP contribution in [0.4, 0.5) is 0 Å². The maximum Gasteiger partial charge on any atom is 0.293 e. The van der Waals surface area contributed by atoms with Crippen molar-refractivity contribution in [2.24, 2.45) is 0 Å². The van der Waals surface area contributed by atoms with Crippen molar-refractivity contribution >= 4 is 17.4 Å². The predicted molar refractivity (Wildman–Crippen MR) is 114 cm³/mol. The van der Waals surface area contributed by atoms with Crippen LogP contribution >= 0.6 is 0 Å². The van der Waals surface area contributed by atoms with Crippen LogP contribution < -0.4 is 5.56 Å². The molecule has 0 bridgehead atoms. The van der Waals surface area contributed by atoms with Gasteiger partial charge in [-0.2, -0.15) is 0 Å². The smallest absolute Gasteiger partial charge is 0.293 e. The highest BCUT2D eigenvalue weighted by molar-refractivity contribution is 5.92. The summed E-state index contributed by atoms with van der Waals surface area (Å²) in [7, 11) is 0. The first-order chi connectivity index (χ1) is 14.4. The van der Waals surface area contributed by atoms with Crippen LogP contribution in [0.25, 0.3) is 22.3 Å². The Balaban J connectivity index is 1.81. The summed E-state index contributed by atoms with van der Waals surface area (Å²) in [5, 5.41) is 11.5. The minimum absolute atomic E-state index is 0.149. The van der Waals surface area contributed by atoms with Crippen LogP contribution in [0.1, 0.15) is 58.4 Å². The standard InChI is InChI=1S/C24H24N2O4/c1-12-7-20-22-15(13(12)2)5-4-6-16(22)18-9-26-21(23(18)25-20)8-17(14(3)28)19(24(26)29)10-30-11-27/h7-8,11,14,28H,4-6,9-10H2,1-3H3. The third kappa shape index (κ3) is 2.56. The van der Waals surface area contributed by atoms with Crippen LogP contribution in [0.3, 0.4) is 0 Å². The summed E-state index contributed by atoms with van der Waals surface area (Å²) in [6, 6.07) is 3.98. The maximum atomic E-state index is 13.3. The lowest BCUT2D eigenvalue weighted by molar-refractivity contribution is -0.129. The fourth-order valence-electron chi connectivity index (χ4n) is 5.14. The van der Waals surface area contributed by atoms with Crippen molar-refractivity contribution in [2.45, 2.75) is 59.3 Å². The lowest BCUT2D eigenvalue weighted by atomic mass is 9.83. The molecule has 0 saturated heterocycles. The van der Waals surface area contributed by atoms with E-state index in [0.29, 0.717) is 24.1 Å². The van der Waals surface area contributed by atoms with Crippen molar-refractivity contribution in [3.05, 3.63) is 61.4 Å². The van der Waals surface area contributed by atoms with E-state index in [1.165, 1.54) is 27.6 Å². The molecule has 3 heterocycles. The molecule has 2 aromatic heterocycles. The van der Waals surface area contributed by atoms with Crippen LogP contribution in [-0.2, 0) is 35.5 Å². The molecule has 2 aliphatic rings. The molecule has 0 saturated carbocycles. The van der Waals surface area contributed by atoms with E-state index in [2.05, 4.69) is 19.9 Å². The van der Waals surface area contributed by atoms with E-state index in [0.717, 1.165) is 41.7 Å². The highest BCUT2D eigenvalue weighted by atomic mass is 16.5. The molecule has 1 atom stereocenters. The quantitative estimate of drug-likeness (QED) is 0.528. The molecule has 0 fully saturated rings. The van der Waals surface area contributed by atoms with Gasteiger partial charge in [0.05, 0.1) is 35.1 Å². The molecule has 1 aliphatic heterocycles. The highest BCUT2D eigenvalue weighted by Crippen LogP contribution is 2.41. The Bertz CT molecular complexity index is 1290. The zero-order valence-electron chi connectivity index (χ0n) is 17.4. The highest BCUT2D eigenvalue weighted by Gasteiger charge is 2.31. The van der Waals surface area contributed by atoms with Gasteiger partial charge < -0.3 is 14.4 Å². The Hall–Kier alpha value is -2.99. The fourth-order valence-corrected chi connectivity index (χ4v) is 5.14. The van der Waals surface area contributed by atoms with E-state index in [-0.39, 0.29) is 12.2 Å². The number of ether oxygens (including phenoxy) is 1. The van der Waals surface area contributed by atoms with Gasteiger partial charge in [0.15, 0.2) is 0 Å². The summed E-state index contributed by atoms with van der Waals surface area (Å²) in [5.74, 6) is 0. The molecular weight excluding hydrogens is 380 g/mol. The van der Waals surface area contributed by atoms with Gasteiger partial charge in [0.25, 0.3) is 12.0 Å². The molecule has 6 nitrogen and oxygen atoms in total. The van der Waals surface area contributed by atoms with Gasteiger partial charge in [-0.15, -0.1) is 0 Å². The number of aliphatic hydroxyl groups is 1. The van der Waals surface area contributed by atoms with Gasteiger partial charge in [0.2, 0.25) is 0 Å².